The summed E-state index contributed by atoms with van der Waals surface area (Å²) in [6.07, 6.45) is 7.09. The molecule has 2 amide bonds. The number of para-hydroxylation sites is 1. The van der Waals surface area contributed by atoms with E-state index in [1.165, 1.54) is 0 Å². The van der Waals surface area contributed by atoms with Gasteiger partial charge in [0.05, 0.1) is 12.0 Å². The normalized spacial score (nSPS) is 10.4. The first-order chi connectivity index (χ1) is 12.6. The smallest absolute Gasteiger partial charge is 0.315 e. The van der Waals surface area contributed by atoms with Crippen molar-refractivity contribution in [1.82, 2.24) is 25.2 Å². The fourth-order valence-corrected chi connectivity index (χ4v) is 2.70. The number of benzene rings is 1. The van der Waals surface area contributed by atoms with Gasteiger partial charge in [0.15, 0.2) is 0 Å². The van der Waals surface area contributed by atoms with Gasteiger partial charge in [0.25, 0.3) is 0 Å². The third-order valence-corrected chi connectivity index (χ3v) is 3.94. The second-order valence-electron chi connectivity index (χ2n) is 6.02. The minimum Gasteiger partial charge on any atom is -0.362 e. The van der Waals surface area contributed by atoms with Crippen molar-refractivity contribution in [2.24, 2.45) is 0 Å². The topological polar surface area (TPSA) is 75.1 Å². The van der Waals surface area contributed by atoms with Gasteiger partial charge in [-0.1, -0.05) is 24.3 Å². The van der Waals surface area contributed by atoms with Gasteiger partial charge in [-0.2, -0.15) is 0 Å². The summed E-state index contributed by atoms with van der Waals surface area (Å²) in [5, 5.41) is 5.79. The van der Waals surface area contributed by atoms with E-state index in [0.717, 1.165) is 22.6 Å². The SMILES string of the molecule is CN(C)c1ncccc1CNC(=O)NCc1ccccc1-n1ccnc1. The van der Waals surface area contributed by atoms with E-state index in [0.29, 0.717) is 13.1 Å². The van der Waals surface area contributed by atoms with Gasteiger partial charge in [-0.05, 0) is 17.7 Å². The van der Waals surface area contributed by atoms with Gasteiger partial charge in [-0.3, -0.25) is 0 Å². The molecule has 26 heavy (non-hydrogen) atoms. The molecule has 0 aliphatic heterocycles. The Labute approximate surface area is 152 Å². The number of hydrogen-bond donors (Lipinski definition) is 2. The van der Waals surface area contributed by atoms with E-state index >= 15 is 0 Å². The lowest BCUT2D eigenvalue weighted by molar-refractivity contribution is 0.240. The number of nitrogens with zero attached hydrogens (tertiary/aromatic N) is 4. The Morgan fingerprint density at radius 2 is 1.77 bits per heavy atom. The molecule has 0 saturated heterocycles. The van der Waals surface area contributed by atoms with Crippen LogP contribution in [0.4, 0.5) is 10.6 Å². The molecule has 3 rings (SSSR count). The summed E-state index contributed by atoms with van der Waals surface area (Å²) in [4.78, 5) is 22.5. The lowest BCUT2D eigenvalue weighted by Gasteiger charge is -2.16. The Kier molecular flexibility index (Phi) is 5.48. The molecule has 7 heteroatoms. The maximum atomic E-state index is 12.2. The molecule has 3 aromatic rings. The van der Waals surface area contributed by atoms with Gasteiger partial charge in [-0.25, -0.2) is 14.8 Å². The zero-order valence-electron chi connectivity index (χ0n) is 14.9. The summed E-state index contributed by atoms with van der Waals surface area (Å²) in [5.41, 5.74) is 2.97. The van der Waals surface area contributed by atoms with E-state index in [1.807, 2.05) is 66.2 Å². The van der Waals surface area contributed by atoms with E-state index in [1.54, 1.807) is 18.7 Å². The number of amides is 2. The maximum absolute atomic E-state index is 12.2. The van der Waals surface area contributed by atoms with Crippen LogP contribution in [0.1, 0.15) is 11.1 Å². The Morgan fingerprint density at radius 3 is 2.50 bits per heavy atom. The van der Waals surface area contributed by atoms with Crippen LogP contribution in [0.3, 0.4) is 0 Å². The predicted molar refractivity (Wildman–Crippen MR) is 101 cm³/mol. The van der Waals surface area contributed by atoms with E-state index in [4.69, 9.17) is 0 Å². The zero-order valence-corrected chi connectivity index (χ0v) is 14.9. The number of anilines is 1. The highest BCUT2D eigenvalue weighted by atomic mass is 16.2. The van der Waals surface area contributed by atoms with E-state index in [9.17, 15) is 4.79 Å². The fourth-order valence-electron chi connectivity index (χ4n) is 2.70. The molecule has 0 unspecified atom stereocenters. The summed E-state index contributed by atoms with van der Waals surface area (Å²) >= 11 is 0. The molecule has 7 nitrogen and oxygen atoms in total. The number of rotatable bonds is 6. The lowest BCUT2D eigenvalue weighted by atomic mass is 10.1. The second-order valence-corrected chi connectivity index (χ2v) is 6.02. The summed E-state index contributed by atoms with van der Waals surface area (Å²) in [7, 11) is 3.86. The first kappa shape index (κ1) is 17.5. The first-order valence-corrected chi connectivity index (χ1v) is 8.34. The number of aromatic nitrogens is 3. The van der Waals surface area contributed by atoms with Crippen molar-refractivity contribution >= 4 is 11.8 Å². The average Bonchev–Trinajstić information content (AvgIpc) is 3.19. The van der Waals surface area contributed by atoms with Crippen LogP contribution in [0.2, 0.25) is 0 Å². The lowest BCUT2D eigenvalue weighted by Crippen LogP contribution is -2.35. The highest BCUT2D eigenvalue weighted by molar-refractivity contribution is 5.74. The van der Waals surface area contributed by atoms with Crippen LogP contribution in [-0.2, 0) is 13.1 Å². The molecule has 2 aromatic heterocycles. The number of pyridine rings is 1. The minimum atomic E-state index is -0.223. The quantitative estimate of drug-likeness (QED) is 0.715. The molecule has 1 aromatic carbocycles. The minimum absolute atomic E-state index is 0.223. The fraction of sp³-hybridized carbons (Fsp3) is 0.211. The van der Waals surface area contributed by atoms with Crippen LogP contribution in [0, 0.1) is 0 Å². The summed E-state index contributed by atoms with van der Waals surface area (Å²) in [6, 6.07) is 11.5. The molecular formula is C19H22N6O. The molecular weight excluding hydrogens is 328 g/mol. The van der Waals surface area contributed by atoms with E-state index in [2.05, 4.69) is 20.6 Å². The number of hydrogen-bond acceptors (Lipinski definition) is 4. The number of imidazole rings is 1. The molecule has 0 atom stereocenters. The summed E-state index contributed by atoms with van der Waals surface area (Å²) < 4.78 is 1.92. The van der Waals surface area contributed by atoms with Gasteiger partial charge >= 0.3 is 6.03 Å². The highest BCUT2D eigenvalue weighted by Crippen LogP contribution is 2.15. The molecule has 0 bridgehead atoms. The Bertz CT molecular complexity index is 860. The van der Waals surface area contributed by atoms with Gasteiger partial charge in [0.1, 0.15) is 5.82 Å². The molecule has 2 N–H and O–H groups in total. The number of nitrogens with one attached hydrogen (secondary N) is 2. The van der Waals surface area contributed by atoms with Crippen molar-refractivity contribution < 1.29 is 4.79 Å². The van der Waals surface area contributed by atoms with Crippen LogP contribution in [0.15, 0.2) is 61.3 Å². The van der Waals surface area contributed by atoms with Crippen LogP contribution >= 0.6 is 0 Å². The van der Waals surface area contributed by atoms with Gasteiger partial charge in [-0.15, -0.1) is 0 Å². The first-order valence-electron chi connectivity index (χ1n) is 8.34. The maximum Gasteiger partial charge on any atom is 0.315 e. The van der Waals surface area contributed by atoms with Crippen molar-refractivity contribution in [2.45, 2.75) is 13.1 Å². The third-order valence-electron chi connectivity index (χ3n) is 3.94. The van der Waals surface area contributed by atoms with Gasteiger partial charge < -0.3 is 20.1 Å². The van der Waals surface area contributed by atoms with Crippen LogP contribution < -0.4 is 15.5 Å². The van der Waals surface area contributed by atoms with Crippen molar-refractivity contribution in [3.8, 4) is 5.69 Å². The van der Waals surface area contributed by atoms with Crippen molar-refractivity contribution in [1.29, 1.82) is 0 Å². The monoisotopic (exact) mass is 350 g/mol. The molecule has 0 fully saturated rings. The Balaban J connectivity index is 1.59. The van der Waals surface area contributed by atoms with Crippen LogP contribution in [0.25, 0.3) is 5.69 Å². The standard InChI is InChI=1S/C19H22N6O/c1-24(2)18-16(7-5-9-21-18)13-23-19(26)22-12-15-6-3-4-8-17(15)25-11-10-20-14-25/h3-11,14H,12-13H2,1-2H3,(H2,22,23,26). The molecule has 0 radical (unpaired) electrons. The van der Waals surface area contributed by atoms with Gasteiger partial charge in [0, 0.05) is 51.3 Å². The van der Waals surface area contributed by atoms with E-state index in [-0.39, 0.29) is 6.03 Å². The number of carbonyl (C=O) groups excluding carboxylic acids is 1. The molecule has 0 saturated carbocycles. The summed E-state index contributed by atoms with van der Waals surface area (Å²) in [6.45, 7) is 0.837. The molecule has 2 heterocycles. The largest absolute Gasteiger partial charge is 0.362 e. The third kappa shape index (κ3) is 4.18. The zero-order chi connectivity index (χ0) is 18.4. The van der Waals surface area contributed by atoms with Crippen molar-refractivity contribution in [3.05, 3.63) is 72.4 Å². The predicted octanol–water partition coefficient (Wildman–Crippen LogP) is 2.33. The van der Waals surface area contributed by atoms with Crippen molar-refractivity contribution in [2.75, 3.05) is 19.0 Å². The van der Waals surface area contributed by atoms with E-state index < -0.39 is 0 Å². The average molecular weight is 350 g/mol. The Hall–Kier alpha value is -3.35. The number of carbonyl (C=O) groups is 1. The van der Waals surface area contributed by atoms with Crippen LogP contribution in [-0.4, -0.2) is 34.7 Å². The second kappa shape index (κ2) is 8.15. The molecule has 0 spiro atoms. The van der Waals surface area contributed by atoms with Crippen molar-refractivity contribution in [3.63, 3.8) is 0 Å². The molecule has 0 aliphatic carbocycles. The van der Waals surface area contributed by atoms with Crippen LogP contribution in [0.5, 0.6) is 0 Å². The summed E-state index contributed by atoms with van der Waals surface area (Å²) in [5.74, 6) is 0.846. The Morgan fingerprint density at radius 1 is 1.04 bits per heavy atom. The highest BCUT2D eigenvalue weighted by Gasteiger charge is 2.08. The number of urea groups is 1. The van der Waals surface area contributed by atoms with Gasteiger partial charge in [0.2, 0.25) is 0 Å². The molecule has 0 aliphatic rings. The molecule has 134 valence electrons.